The van der Waals surface area contributed by atoms with Crippen LogP contribution in [-0.2, 0) is 6.73 Å². The molecular formula is C14H19N3O. The molecule has 0 fully saturated rings. The number of hydrogen-bond donors (Lipinski definition) is 1. The molecule has 96 valence electrons. The maximum Gasteiger partial charge on any atom is 0.181 e. The van der Waals surface area contributed by atoms with Crippen LogP contribution in [0.3, 0.4) is 0 Å². The Labute approximate surface area is 107 Å². The van der Waals surface area contributed by atoms with Crippen LogP contribution in [0.1, 0.15) is 31.0 Å². The van der Waals surface area contributed by atoms with Gasteiger partial charge in [-0.1, -0.05) is 26.0 Å². The Morgan fingerprint density at radius 1 is 1.28 bits per heavy atom. The number of benzene rings is 1. The smallest absolute Gasteiger partial charge is 0.181 e. The molecule has 0 spiro atoms. The molecule has 0 saturated carbocycles. The molecule has 18 heavy (non-hydrogen) atoms. The van der Waals surface area contributed by atoms with Gasteiger partial charge in [-0.05, 0) is 30.5 Å². The van der Waals surface area contributed by atoms with Gasteiger partial charge in [0.1, 0.15) is 11.6 Å². The molecule has 4 nitrogen and oxygen atoms in total. The van der Waals surface area contributed by atoms with E-state index in [1.165, 1.54) is 5.56 Å². The summed E-state index contributed by atoms with van der Waals surface area (Å²) in [7, 11) is 0. The van der Waals surface area contributed by atoms with Crippen molar-refractivity contribution in [2.45, 2.75) is 33.4 Å². The van der Waals surface area contributed by atoms with Crippen LogP contribution >= 0.6 is 0 Å². The molecule has 0 aliphatic heterocycles. The van der Waals surface area contributed by atoms with Crippen molar-refractivity contribution >= 4 is 5.82 Å². The minimum atomic E-state index is 0.379. The van der Waals surface area contributed by atoms with Crippen molar-refractivity contribution in [1.29, 1.82) is 0 Å². The molecule has 0 aliphatic rings. The lowest BCUT2D eigenvalue weighted by molar-refractivity contribution is 0.218. The zero-order valence-corrected chi connectivity index (χ0v) is 11.1. The van der Waals surface area contributed by atoms with Crippen LogP contribution in [0, 0.1) is 6.92 Å². The summed E-state index contributed by atoms with van der Waals surface area (Å²) in [4.78, 5) is 0. The van der Waals surface area contributed by atoms with Gasteiger partial charge in [-0.25, -0.2) is 4.68 Å². The van der Waals surface area contributed by atoms with E-state index in [-0.39, 0.29) is 0 Å². The van der Waals surface area contributed by atoms with Gasteiger partial charge in [0.25, 0.3) is 0 Å². The number of aromatic nitrogens is 2. The minimum absolute atomic E-state index is 0.379. The normalized spacial score (nSPS) is 10.9. The Morgan fingerprint density at radius 3 is 2.44 bits per heavy atom. The van der Waals surface area contributed by atoms with Crippen molar-refractivity contribution in [1.82, 2.24) is 9.78 Å². The molecule has 2 N–H and O–H groups in total. The van der Waals surface area contributed by atoms with Crippen molar-refractivity contribution in [3.05, 3.63) is 41.6 Å². The van der Waals surface area contributed by atoms with Gasteiger partial charge in [0.05, 0.1) is 0 Å². The molecule has 1 aromatic carbocycles. The van der Waals surface area contributed by atoms with Gasteiger partial charge in [0, 0.05) is 11.8 Å². The number of nitrogens with two attached hydrogens (primary N) is 1. The van der Waals surface area contributed by atoms with Gasteiger partial charge in [0.15, 0.2) is 6.73 Å². The van der Waals surface area contributed by atoms with Crippen molar-refractivity contribution in [3.63, 3.8) is 0 Å². The summed E-state index contributed by atoms with van der Waals surface area (Å²) in [5.41, 5.74) is 7.91. The summed E-state index contributed by atoms with van der Waals surface area (Å²) < 4.78 is 7.41. The molecule has 1 aromatic heterocycles. The van der Waals surface area contributed by atoms with Crippen LogP contribution in [0.15, 0.2) is 30.3 Å². The van der Waals surface area contributed by atoms with Crippen molar-refractivity contribution in [2.24, 2.45) is 0 Å². The molecule has 2 aromatic rings. The maximum absolute atomic E-state index is 5.67. The van der Waals surface area contributed by atoms with Gasteiger partial charge in [-0.2, -0.15) is 5.10 Å². The molecule has 0 atom stereocenters. The van der Waals surface area contributed by atoms with E-state index < -0.39 is 0 Å². The summed E-state index contributed by atoms with van der Waals surface area (Å²) in [5, 5.41) is 4.14. The van der Waals surface area contributed by atoms with E-state index in [2.05, 4.69) is 31.1 Å². The predicted molar refractivity (Wildman–Crippen MR) is 72.5 cm³/mol. The van der Waals surface area contributed by atoms with E-state index in [0.717, 1.165) is 11.4 Å². The predicted octanol–water partition coefficient (Wildman–Crippen LogP) is 2.93. The molecular weight excluding hydrogens is 226 g/mol. The van der Waals surface area contributed by atoms with Crippen LogP contribution in [-0.4, -0.2) is 9.78 Å². The van der Waals surface area contributed by atoms with Crippen molar-refractivity contribution in [2.75, 3.05) is 5.73 Å². The topological polar surface area (TPSA) is 53.1 Å². The van der Waals surface area contributed by atoms with Crippen LogP contribution in [0.4, 0.5) is 5.82 Å². The highest BCUT2D eigenvalue weighted by Crippen LogP contribution is 2.19. The van der Waals surface area contributed by atoms with E-state index in [0.29, 0.717) is 18.5 Å². The first kappa shape index (κ1) is 12.5. The zero-order valence-electron chi connectivity index (χ0n) is 11.1. The summed E-state index contributed by atoms with van der Waals surface area (Å²) in [6, 6.07) is 9.97. The maximum atomic E-state index is 5.67. The molecule has 2 rings (SSSR count). The van der Waals surface area contributed by atoms with E-state index >= 15 is 0 Å². The quantitative estimate of drug-likeness (QED) is 0.901. The molecule has 0 saturated heterocycles. The number of hydrogen-bond acceptors (Lipinski definition) is 3. The average molecular weight is 245 g/mol. The fourth-order valence-corrected chi connectivity index (χ4v) is 1.75. The van der Waals surface area contributed by atoms with Gasteiger partial charge >= 0.3 is 0 Å². The van der Waals surface area contributed by atoms with Gasteiger partial charge in [-0.15, -0.1) is 0 Å². The highest BCUT2D eigenvalue weighted by molar-refractivity contribution is 5.30. The van der Waals surface area contributed by atoms with Crippen LogP contribution in [0.25, 0.3) is 0 Å². The SMILES string of the molecule is Cc1cc(N)nn1COc1ccc(C(C)C)cc1. The molecule has 0 bridgehead atoms. The Bertz CT molecular complexity index is 514. The third-order valence-corrected chi connectivity index (χ3v) is 2.90. The number of aryl methyl sites for hydroxylation is 1. The lowest BCUT2D eigenvalue weighted by Crippen LogP contribution is -2.08. The fourth-order valence-electron chi connectivity index (χ4n) is 1.75. The van der Waals surface area contributed by atoms with Crippen molar-refractivity contribution in [3.8, 4) is 5.75 Å². The minimum Gasteiger partial charge on any atom is -0.471 e. The Balaban J connectivity index is 2.00. The summed E-state index contributed by atoms with van der Waals surface area (Å²) >= 11 is 0. The number of nitrogens with zero attached hydrogens (tertiary/aromatic N) is 2. The first-order chi connectivity index (χ1) is 8.56. The van der Waals surface area contributed by atoms with Gasteiger partial charge < -0.3 is 10.5 Å². The Kier molecular flexibility index (Phi) is 3.55. The van der Waals surface area contributed by atoms with E-state index in [1.807, 2.05) is 25.1 Å². The number of rotatable bonds is 4. The monoisotopic (exact) mass is 245 g/mol. The summed E-state index contributed by atoms with van der Waals surface area (Å²) in [6.07, 6.45) is 0. The largest absolute Gasteiger partial charge is 0.471 e. The lowest BCUT2D eigenvalue weighted by Gasteiger charge is -2.09. The standard InChI is InChI=1S/C14H19N3O/c1-10(2)12-4-6-13(7-5-12)18-9-17-11(3)8-14(15)16-17/h4-8,10H,9H2,1-3H3,(H2,15,16). The third-order valence-electron chi connectivity index (χ3n) is 2.90. The molecule has 4 heteroatoms. The Hall–Kier alpha value is -1.97. The first-order valence-corrected chi connectivity index (χ1v) is 6.09. The molecule has 0 unspecified atom stereocenters. The highest BCUT2D eigenvalue weighted by atomic mass is 16.5. The van der Waals surface area contributed by atoms with Crippen LogP contribution < -0.4 is 10.5 Å². The zero-order chi connectivity index (χ0) is 13.1. The number of anilines is 1. The van der Waals surface area contributed by atoms with Crippen LogP contribution in [0.5, 0.6) is 5.75 Å². The van der Waals surface area contributed by atoms with E-state index in [4.69, 9.17) is 10.5 Å². The summed E-state index contributed by atoms with van der Waals surface area (Å²) in [5.74, 6) is 1.89. The second-order valence-electron chi connectivity index (χ2n) is 4.71. The molecule has 0 radical (unpaired) electrons. The molecule has 0 aliphatic carbocycles. The molecule has 1 heterocycles. The Morgan fingerprint density at radius 2 is 1.94 bits per heavy atom. The molecule has 0 amide bonds. The average Bonchev–Trinajstić information content (AvgIpc) is 2.66. The fraction of sp³-hybridized carbons (Fsp3) is 0.357. The van der Waals surface area contributed by atoms with Crippen LogP contribution in [0.2, 0.25) is 0 Å². The first-order valence-electron chi connectivity index (χ1n) is 6.09. The summed E-state index contributed by atoms with van der Waals surface area (Å²) in [6.45, 7) is 6.68. The third kappa shape index (κ3) is 2.83. The van der Waals surface area contributed by atoms with Crippen molar-refractivity contribution < 1.29 is 4.74 Å². The lowest BCUT2D eigenvalue weighted by atomic mass is 10.0. The second-order valence-corrected chi connectivity index (χ2v) is 4.71. The van der Waals surface area contributed by atoms with Gasteiger partial charge in [-0.3, -0.25) is 0 Å². The van der Waals surface area contributed by atoms with E-state index in [9.17, 15) is 0 Å². The highest BCUT2D eigenvalue weighted by Gasteiger charge is 2.03. The number of ether oxygens (including phenoxy) is 1. The van der Waals surface area contributed by atoms with Gasteiger partial charge in [0.2, 0.25) is 0 Å². The van der Waals surface area contributed by atoms with E-state index in [1.54, 1.807) is 4.68 Å². The number of nitrogen functional groups attached to an aromatic ring is 1. The second kappa shape index (κ2) is 5.12.